The highest BCUT2D eigenvalue weighted by Gasteiger charge is 2.25. The quantitative estimate of drug-likeness (QED) is 0.770. The number of aliphatic hydroxyl groups excluding tert-OH is 1. The number of β-amino-alcohol motifs (C(OH)–C–C–N with tert-alkyl or cyclic N) is 1. The molecule has 2 unspecified atom stereocenters. The Morgan fingerprint density at radius 1 is 1.50 bits per heavy atom. The minimum Gasteiger partial charge on any atom is -0.392 e. The Morgan fingerprint density at radius 3 is 2.93 bits per heavy atom. The zero-order valence-corrected chi connectivity index (χ0v) is 8.77. The molecule has 1 heterocycles. The number of rotatable bonds is 2. The third-order valence-corrected chi connectivity index (χ3v) is 2.81. The van der Waals surface area contributed by atoms with E-state index in [0.717, 1.165) is 13.0 Å². The van der Waals surface area contributed by atoms with Crippen molar-refractivity contribution in [2.24, 2.45) is 0 Å². The molecule has 1 aliphatic heterocycles. The minimum atomic E-state index is -0.261. The van der Waals surface area contributed by atoms with Crippen LogP contribution in [0.15, 0.2) is 24.3 Å². The molecule has 1 aliphatic rings. The van der Waals surface area contributed by atoms with Gasteiger partial charge in [0.25, 0.3) is 0 Å². The summed E-state index contributed by atoms with van der Waals surface area (Å²) in [6.07, 6.45) is 0.840. The van der Waals surface area contributed by atoms with Gasteiger partial charge in [-0.3, -0.25) is 0 Å². The largest absolute Gasteiger partial charge is 0.392 e. The first-order valence-corrected chi connectivity index (χ1v) is 5.21. The summed E-state index contributed by atoms with van der Waals surface area (Å²) >= 11 is 0. The predicted molar refractivity (Wildman–Crippen MR) is 58.6 cm³/mol. The number of nitrogens with zero attached hydrogens (tertiary/aromatic N) is 1. The average Bonchev–Trinajstić information content (AvgIpc) is 2.43. The van der Waals surface area contributed by atoms with E-state index in [1.54, 1.807) is 0 Å². The van der Waals surface area contributed by atoms with Gasteiger partial charge in [-0.1, -0.05) is 18.2 Å². The van der Waals surface area contributed by atoms with E-state index in [-0.39, 0.29) is 6.10 Å². The van der Waals surface area contributed by atoms with E-state index in [0.29, 0.717) is 6.04 Å². The summed E-state index contributed by atoms with van der Waals surface area (Å²) in [5, 5.41) is 9.41. The van der Waals surface area contributed by atoms with Crippen molar-refractivity contribution >= 4 is 5.69 Å². The highest BCUT2D eigenvalue weighted by molar-refractivity contribution is 5.59. The van der Waals surface area contributed by atoms with Crippen molar-refractivity contribution in [3.63, 3.8) is 0 Å². The lowest BCUT2D eigenvalue weighted by atomic mass is 10.1. The van der Waals surface area contributed by atoms with Crippen LogP contribution < -0.4 is 4.90 Å². The van der Waals surface area contributed by atoms with Gasteiger partial charge >= 0.3 is 0 Å². The maximum atomic E-state index is 9.41. The van der Waals surface area contributed by atoms with E-state index in [9.17, 15) is 5.11 Å². The number of benzene rings is 1. The van der Waals surface area contributed by atoms with Crippen LogP contribution in [0.1, 0.15) is 19.4 Å². The zero-order valence-electron chi connectivity index (χ0n) is 8.77. The summed E-state index contributed by atoms with van der Waals surface area (Å²) < 4.78 is 0. The average molecular weight is 191 g/mol. The summed E-state index contributed by atoms with van der Waals surface area (Å²) in [6.45, 7) is 4.79. The zero-order chi connectivity index (χ0) is 10.1. The minimum absolute atomic E-state index is 0.261. The van der Waals surface area contributed by atoms with Gasteiger partial charge in [0.15, 0.2) is 0 Å². The Labute approximate surface area is 85.2 Å². The molecule has 2 rings (SSSR count). The molecule has 1 aromatic rings. The second-order valence-electron chi connectivity index (χ2n) is 4.18. The van der Waals surface area contributed by atoms with Gasteiger partial charge in [0.05, 0.1) is 6.10 Å². The molecule has 76 valence electrons. The second-order valence-corrected chi connectivity index (χ2v) is 4.18. The van der Waals surface area contributed by atoms with Gasteiger partial charge < -0.3 is 10.0 Å². The fourth-order valence-corrected chi connectivity index (χ4v) is 2.19. The maximum Gasteiger partial charge on any atom is 0.0687 e. The number of hydrogen-bond acceptors (Lipinski definition) is 2. The topological polar surface area (TPSA) is 23.5 Å². The summed E-state index contributed by atoms with van der Waals surface area (Å²) in [5.74, 6) is 0. The van der Waals surface area contributed by atoms with E-state index >= 15 is 0 Å². The van der Waals surface area contributed by atoms with E-state index in [1.807, 2.05) is 6.92 Å². The number of para-hydroxylation sites is 1. The van der Waals surface area contributed by atoms with Gasteiger partial charge in [-0.25, -0.2) is 0 Å². The first kappa shape index (κ1) is 9.53. The number of hydrogen-bond donors (Lipinski definition) is 1. The lowest BCUT2D eigenvalue weighted by Gasteiger charge is -2.26. The highest BCUT2D eigenvalue weighted by atomic mass is 16.3. The Hall–Kier alpha value is -1.02. The standard InChI is InChI=1S/C12H17NO/c1-9-7-11-5-3-4-6-12(11)13(9)8-10(2)14/h3-6,9-10,14H,7-8H2,1-2H3. The lowest BCUT2D eigenvalue weighted by molar-refractivity contribution is 0.198. The molecule has 2 atom stereocenters. The fraction of sp³-hybridized carbons (Fsp3) is 0.500. The van der Waals surface area contributed by atoms with Crippen molar-refractivity contribution in [1.29, 1.82) is 0 Å². The van der Waals surface area contributed by atoms with Crippen LogP contribution in [-0.2, 0) is 6.42 Å². The van der Waals surface area contributed by atoms with Crippen LogP contribution in [0.2, 0.25) is 0 Å². The molecule has 0 spiro atoms. The molecule has 0 amide bonds. The Balaban J connectivity index is 2.25. The summed E-state index contributed by atoms with van der Waals surface area (Å²) in [5.41, 5.74) is 2.70. The number of anilines is 1. The van der Waals surface area contributed by atoms with Crippen LogP contribution in [0.5, 0.6) is 0 Å². The molecule has 0 aromatic heterocycles. The van der Waals surface area contributed by atoms with Crippen molar-refractivity contribution < 1.29 is 5.11 Å². The highest BCUT2D eigenvalue weighted by Crippen LogP contribution is 2.31. The molecule has 0 aliphatic carbocycles. The molecule has 1 N–H and O–H groups in total. The molecule has 0 saturated heterocycles. The molecular weight excluding hydrogens is 174 g/mol. The van der Waals surface area contributed by atoms with E-state index in [2.05, 4.69) is 36.1 Å². The molecule has 2 nitrogen and oxygen atoms in total. The normalized spacial score (nSPS) is 22.2. The third kappa shape index (κ3) is 1.62. The van der Waals surface area contributed by atoms with Gasteiger partial charge in [-0.15, -0.1) is 0 Å². The van der Waals surface area contributed by atoms with Crippen molar-refractivity contribution in [2.45, 2.75) is 32.4 Å². The molecule has 14 heavy (non-hydrogen) atoms. The Kier molecular flexibility index (Phi) is 2.46. The second kappa shape index (κ2) is 3.62. The number of aliphatic hydroxyl groups is 1. The number of fused-ring (bicyclic) bond motifs is 1. The van der Waals surface area contributed by atoms with Crippen molar-refractivity contribution in [1.82, 2.24) is 0 Å². The Bertz CT molecular complexity index is 322. The van der Waals surface area contributed by atoms with E-state index in [4.69, 9.17) is 0 Å². The monoisotopic (exact) mass is 191 g/mol. The van der Waals surface area contributed by atoms with Gasteiger partial charge in [0.1, 0.15) is 0 Å². The van der Waals surface area contributed by atoms with Crippen LogP contribution >= 0.6 is 0 Å². The molecule has 0 saturated carbocycles. The van der Waals surface area contributed by atoms with Gasteiger partial charge in [0, 0.05) is 18.3 Å². The smallest absolute Gasteiger partial charge is 0.0687 e. The summed E-state index contributed by atoms with van der Waals surface area (Å²) in [4.78, 5) is 2.29. The van der Waals surface area contributed by atoms with Gasteiger partial charge in [-0.2, -0.15) is 0 Å². The molecular formula is C12H17NO. The molecule has 0 radical (unpaired) electrons. The van der Waals surface area contributed by atoms with Crippen LogP contribution in [-0.4, -0.2) is 23.8 Å². The van der Waals surface area contributed by atoms with Crippen molar-refractivity contribution in [2.75, 3.05) is 11.4 Å². The molecule has 0 bridgehead atoms. The van der Waals surface area contributed by atoms with E-state index in [1.165, 1.54) is 11.3 Å². The summed E-state index contributed by atoms with van der Waals surface area (Å²) in [7, 11) is 0. The maximum absolute atomic E-state index is 9.41. The van der Waals surface area contributed by atoms with Crippen LogP contribution in [0, 0.1) is 0 Å². The first-order chi connectivity index (χ1) is 6.68. The fourth-order valence-electron chi connectivity index (χ4n) is 2.19. The van der Waals surface area contributed by atoms with Crippen molar-refractivity contribution in [3.05, 3.63) is 29.8 Å². The third-order valence-electron chi connectivity index (χ3n) is 2.81. The van der Waals surface area contributed by atoms with Crippen molar-refractivity contribution in [3.8, 4) is 0 Å². The predicted octanol–water partition coefficient (Wildman–Crippen LogP) is 1.82. The van der Waals surface area contributed by atoms with Gasteiger partial charge in [0.2, 0.25) is 0 Å². The van der Waals surface area contributed by atoms with Gasteiger partial charge in [-0.05, 0) is 31.9 Å². The molecule has 1 aromatic carbocycles. The lowest BCUT2D eigenvalue weighted by Crippen LogP contribution is -2.35. The molecule has 0 fully saturated rings. The van der Waals surface area contributed by atoms with Crippen LogP contribution in [0.25, 0.3) is 0 Å². The Morgan fingerprint density at radius 2 is 2.21 bits per heavy atom. The van der Waals surface area contributed by atoms with Crippen LogP contribution in [0.4, 0.5) is 5.69 Å². The molecule has 2 heteroatoms. The van der Waals surface area contributed by atoms with Crippen LogP contribution in [0.3, 0.4) is 0 Å². The summed E-state index contributed by atoms with van der Waals surface area (Å²) in [6, 6.07) is 8.97. The SMILES string of the molecule is CC(O)CN1c2ccccc2CC1C. The van der Waals surface area contributed by atoms with E-state index < -0.39 is 0 Å². The first-order valence-electron chi connectivity index (χ1n) is 5.21.